The normalized spacial score (nSPS) is 14.3. The first-order valence-electron chi connectivity index (χ1n) is 8.24. The van der Waals surface area contributed by atoms with Gasteiger partial charge in [-0.25, -0.2) is 4.79 Å². The van der Waals surface area contributed by atoms with Gasteiger partial charge in [-0.1, -0.05) is 6.07 Å². The number of aromatic hydroxyl groups is 1. The molecule has 25 heavy (non-hydrogen) atoms. The summed E-state index contributed by atoms with van der Waals surface area (Å²) in [5, 5.41) is 12.4. The predicted molar refractivity (Wildman–Crippen MR) is 97.4 cm³/mol. The van der Waals surface area contributed by atoms with Crippen LogP contribution in [0.2, 0.25) is 0 Å². The van der Waals surface area contributed by atoms with Gasteiger partial charge < -0.3 is 20.2 Å². The number of amides is 2. The summed E-state index contributed by atoms with van der Waals surface area (Å²) in [6.45, 7) is 4.14. The van der Waals surface area contributed by atoms with Crippen molar-refractivity contribution < 1.29 is 14.7 Å². The number of anilines is 2. The van der Waals surface area contributed by atoms with Crippen molar-refractivity contribution >= 4 is 23.2 Å². The van der Waals surface area contributed by atoms with Crippen LogP contribution in [0.4, 0.5) is 16.2 Å². The predicted octanol–water partition coefficient (Wildman–Crippen LogP) is 2.95. The molecule has 2 aromatic rings. The maximum atomic E-state index is 12.4. The van der Waals surface area contributed by atoms with Crippen LogP contribution in [0.15, 0.2) is 48.5 Å². The number of nitrogens with zero attached hydrogens (tertiary/aromatic N) is 2. The molecule has 0 aromatic heterocycles. The molecule has 6 heteroatoms. The molecule has 0 aliphatic carbocycles. The van der Waals surface area contributed by atoms with Gasteiger partial charge in [0.15, 0.2) is 5.78 Å². The minimum atomic E-state index is -0.147. The Hall–Kier alpha value is -3.02. The number of hydrogen-bond acceptors (Lipinski definition) is 4. The first-order valence-corrected chi connectivity index (χ1v) is 8.24. The van der Waals surface area contributed by atoms with Crippen molar-refractivity contribution in [2.75, 3.05) is 36.4 Å². The highest BCUT2D eigenvalue weighted by Gasteiger charge is 2.21. The number of benzene rings is 2. The number of urea groups is 1. The van der Waals surface area contributed by atoms with Crippen molar-refractivity contribution in [1.29, 1.82) is 0 Å². The number of hydrogen-bond donors (Lipinski definition) is 2. The summed E-state index contributed by atoms with van der Waals surface area (Å²) in [5.41, 5.74) is 2.25. The average molecular weight is 339 g/mol. The molecule has 130 valence electrons. The molecule has 1 aliphatic rings. The molecule has 6 nitrogen and oxygen atoms in total. The second-order valence-electron chi connectivity index (χ2n) is 6.06. The summed E-state index contributed by atoms with van der Waals surface area (Å²) < 4.78 is 0. The molecule has 1 saturated heterocycles. The fourth-order valence-corrected chi connectivity index (χ4v) is 2.85. The van der Waals surface area contributed by atoms with E-state index in [1.807, 2.05) is 12.1 Å². The van der Waals surface area contributed by atoms with Crippen molar-refractivity contribution in [2.24, 2.45) is 0 Å². The first kappa shape index (κ1) is 16.8. The largest absolute Gasteiger partial charge is 0.508 e. The lowest BCUT2D eigenvalue weighted by molar-refractivity contribution is 0.101. The van der Waals surface area contributed by atoms with E-state index in [2.05, 4.69) is 10.2 Å². The van der Waals surface area contributed by atoms with Crippen molar-refractivity contribution in [3.63, 3.8) is 0 Å². The number of piperazine rings is 1. The molecule has 1 aliphatic heterocycles. The SMILES string of the molecule is CC(=O)c1ccc(NC(=O)N2CCN(c3cccc(O)c3)CC2)cc1. The van der Waals surface area contributed by atoms with Crippen LogP contribution in [0.1, 0.15) is 17.3 Å². The number of ketones is 1. The highest BCUT2D eigenvalue weighted by Crippen LogP contribution is 2.21. The van der Waals surface area contributed by atoms with Gasteiger partial charge in [-0.05, 0) is 43.3 Å². The van der Waals surface area contributed by atoms with Crippen molar-refractivity contribution in [2.45, 2.75) is 6.92 Å². The molecule has 1 fully saturated rings. The Labute approximate surface area is 146 Å². The molecule has 0 unspecified atom stereocenters. The molecule has 0 saturated carbocycles. The third-order valence-corrected chi connectivity index (χ3v) is 4.30. The van der Waals surface area contributed by atoms with E-state index in [-0.39, 0.29) is 17.6 Å². The number of phenolic OH excluding ortho intramolecular Hbond substituents is 1. The van der Waals surface area contributed by atoms with Gasteiger partial charge in [-0.3, -0.25) is 4.79 Å². The number of nitrogens with one attached hydrogen (secondary N) is 1. The maximum Gasteiger partial charge on any atom is 0.321 e. The molecule has 0 spiro atoms. The molecule has 0 atom stereocenters. The molecule has 0 bridgehead atoms. The van der Waals surface area contributed by atoms with Gasteiger partial charge in [0.2, 0.25) is 0 Å². The summed E-state index contributed by atoms with van der Waals surface area (Å²) in [6.07, 6.45) is 0. The summed E-state index contributed by atoms with van der Waals surface area (Å²) in [4.78, 5) is 27.6. The number of carbonyl (C=O) groups excluding carboxylic acids is 2. The molecular formula is C19H21N3O3. The van der Waals surface area contributed by atoms with Crippen LogP contribution in [0.3, 0.4) is 0 Å². The lowest BCUT2D eigenvalue weighted by atomic mass is 10.1. The lowest BCUT2D eigenvalue weighted by Gasteiger charge is -2.36. The quantitative estimate of drug-likeness (QED) is 0.843. The Morgan fingerprint density at radius 2 is 1.68 bits per heavy atom. The Bertz CT molecular complexity index is 766. The van der Waals surface area contributed by atoms with Crippen molar-refractivity contribution in [3.8, 4) is 5.75 Å². The van der Waals surface area contributed by atoms with Crippen LogP contribution < -0.4 is 10.2 Å². The van der Waals surface area contributed by atoms with E-state index in [1.165, 1.54) is 6.92 Å². The summed E-state index contributed by atoms with van der Waals surface area (Å²) >= 11 is 0. The summed E-state index contributed by atoms with van der Waals surface area (Å²) in [7, 11) is 0. The molecule has 3 rings (SSSR count). The monoisotopic (exact) mass is 339 g/mol. The van der Waals surface area contributed by atoms with Gasteiger partial charge in [-0.15, -0.1) is 0 Å². The molecule has 2 aromatic carbocycles. The Morgan fingerprint density at radius 3 is 2.28 bits per heavy atom. The molecule has 2 amide bonds. The molecular weight excluding hydrogens is 318 g/mol. The lowest BCUT2D eigenvalue weighted by Crippen LogP contribution is -2.50. The number of Topliss-reactive ketones (excluding diaryl/α,β-unsaturated/α-hetero) is 1. The molecule has 2 N–H and O–H groups in total. The summed E-state index contributed by atoms with van der Waals surface area (Å²) in [6, 6.07) is 13.9. The van der Waals surface area contributed by atoms with Crippen LogP contribution in [-0.2, 0) is 0 Å². The second-order valence-corrected chi connectivity index (χ2v) is 6.06. The molecule has 0 radical (unpaired) electrons. The number of carbonyl (C=O) groups is 2. The minimum absolute atomic E-state index is 0.000877. The van der Waals surface area contributed by atoms with E-state index in [0.717, 1.165) is 5.69 Å². The van der Waals surface area contributed by atoms with Gasteiger partial charge in [0, 0.05) is 49.2 Å². The van der Waals surface area contributed by atoms with Crippen LogP contribution >= 0.6 is 0 Å². The van der Waals surface area contributed by atoms with Gasteiger partial charge in [0.1, 0.15) is 5.75 Å². The second kappa shape index (κ2) is 7.25. The zero-order valence-corrected chi connectivity index (χ0v) is 14.1. The van der Waals surface area contributed by atoms with E-state index >= 15 is 0 Å². The van der Waals surface area contributed by atoms with Crippen molar-refractivity contribution in [1.82, 2.24) is 4.90 Å². The Kier molecular flexibility index (Phi) is 4.88. The fourth-order valence-electron chi connectivity index (χ4n) is 2.85. The molecule has 1 heterocycles. The van der Waals surface area contributed by atoms with Gasteiger partial charge >= 0.3 is 6.03 Å². The zero-order valence-electron chi connectivity index (χ0n) is 14.1. The Morgan fingerprint density at radius 1 is 1.00 bits per heavy atom. The van der Waals surface area contributed by atoms with E-state index in [9.17, 15) is 14.7 Å². The highest BCUT2D eigenvalue weighted by atomic mass is 16.3. The maximum absolute atomic E-state index is 12.4. The highest BCUT2D eigenvalue weighted by molar-refractivity contribution is 5.95. The van der Waals surface area contributed by atoms with E-state index in [1.54, 1.807) is 41.3 Å². The Balaban J connectivity index is 1.55. The number of phenols is 1. The fraction of sp³-hybridized carbons (Fsp3) is 0.263. The van der Waals surface area contributed by atoms with E-state index in [0.29, 0.717) is 37.4 Å². The van der Waals surface area contributed by atoms with E-state index in [4.69, 9.17) is 0 Å². The average Bonchev–Trinajstić information content (AvgIpc) is 2.62. The van der Waals surface area contributed by atoms with Crippen molar-refractivity contribution in [3.05, 3.63) is 54.1 Å². The van der Waals surface area contributed by atoms with Crippen LogP contribution in [0.25, 0.3) is 0 Å². The number of rotatable bonds is 3. The van der Waals surface area contributed by atoms with Gasteiger partial charge in [0.25, 0.3) is 0 Å². The smallest absolute Gasteiger partial charge is 0.321 e. The minimum Gasteiger partial charge on any atom is -0.508 e. The topological polar surface area (TPSA) is 72.9 Å². The van der Waals surface area contributed by atoms with E-state index < -0.39 is 0 Å². The van der Waals surface area contributed by atoms with Crippen LogP contribution in [0.5, 0.6) is 5.75 Å². The zero-order chi connectivity index (χ0) is 17.8. The third kappa shape index (κ3) is 4.09. The summed E-state index contributed by atoms with van der Waals surface area (Å²) in [5.74, 6) is 0.243. The standard InChI is InChI=1S/C19H21N3O3/c1-14(23)15-5-7-16(8-6-15)20-19(25)22-11-9-21(10-12-22)17-3-2-4-18(24)13-17/h2-8,13,24H,9-12H2,1H3,(H,20,25). The van der Waals surface area contributed by atoms with Crippen LogP contribution in [-0.4, -0.2) is 48.0 Å². The third-order valence-electron chi connectivity index (χ3n) is 4.30. The van der Waals surface area contributed by atoms with Crippen LogP contribution in [0, 0.1) is 0 Å². The first-order chi connectivity index (χ1) is 12.0. The van der Waals surface area contributed by atoms with Gasteiger partial charge in [0.05, 0.1) is 0 Å². The van der Waals surface area contributed by atoms with Gasteiger partial charge in [-0.2, -0.15) is 0 Å².